The number of H-pyrrole nitrogens is 1. The van der Waals surface area contributed by atoms with Gasteiger partial charge < -0.3 is 5.32 Å². The van der Waals surface area contributed by atoms with Crippen molar-refractivity contribution in [3.63, 3.8) is 0 Å². The summed E-state index contributed by atoms with van der Waals surface area (Å²) in [6, 6.07) is 1.88. The number of amides is 1. The Balaban J connectivity index is 2.43. The highest BCUT2D eigenvalue weighted by molar-refractivity contribution is 5.86. The zero-order chi connectivity index (χ0) is 8.97. The van der Waals surface area contributed by atoms with Crippen LogP contribution in [0.25, 0.3) is 0 Å². The first-order valence-corrected chi connectivity index (χ1v) is 3.63. The predicted octanol–water partition coefficient (Wildman–Crippen LogP) is 0.520. The quantitative estimate of drug-likeness (QED) is 0.641. The van der Waals surface area contributed by atoms with Crippen molar-refractivity contribution in [3.05, 3.63) is 30.1 Å². The zero-order valence-electron chi connectivity index (χ0n) is 6.92. The van der Waals surface area contributed by atoms with E-state index in [2.05, 4.69) is 22.1 Å². The summed E-state index contributed by atoms with van der Waals surface area (Å²) in [5.41, 5.74) is 1.81. The van der Waals surface area contributed by atoms with Gasteiger partial charge in [0.15, 0.2) is 0 Å². The summed E-state index contributed by atoms with van der Waals surface area (Å²) < 4.78 is 0. The summed E-state index contributed by atoms with van der Waals surface area (Å²) in [7, 11) is 0. The number of carbonyl (C=O) groups is 1. The van der Waals surface area contributed by atoms with Crippen LogP contribution in [-0.2, 0) is 11.3 Å². The third-order valence-electron chi connectivity index (χ3n) is 1.39. The minimum absolute atomic E-state index is 0.185. The Hall–Kier alpha value is -1.58. The van der Waals surface area contributed by atoms with Crippen LogP contribution in [0.4, 0.5) is 0 Å². The van der Waals surface area contributed by atoms with Crippen LogP contribution in [0.2, 0.25) is 0 Å². The first kappa shape index (κ1) is 8.52. The molecule has 0 atom stereocenters. The molecule has 0 aliphatic heterocycles. The molecule has 4 nitrogen and oxygen atoms in total. The Bertz CT molecular complexity index is 290. The van der Waals surface area contributed by atoms with E-state index in [0.717, 1.165) is 11.4 Å². The van der Waals surface area contributed by atoms with Crippen molar-refractivity contribution in [1.82, 2.24) is 15.5 Å². The first-order chi connectivity index (χ1) is 5.72. The van der Waals surface area contributed by atoms with Crippen LogP contribution in [-0.4, -0.2) is 16.1 Å². The molecule has 0 fully saturated rings. The van der Waals surface area contributed by atoms with Crippen molar-refractivity contribution in [2.75, 3.05) is 0 Å². The number of hydrogen-bond donors (Lipinski definition) is 2. The average Bonchev–Trinajstić information content (AvgIpc) is 2.47. The molecule has 0 aliphatic rings. The van der Waals surface area contributed by atoms with Gasteiger partial charge in [0.2, 0.25) is 5.91 Å². The lowest BCUT2D eigenvalue weighted by Gasteiger charge is -1.96. The smallest absolute Gasteiger partial charge is 0.243 e. The Morgan fingerprint density at radius 1 is 1.92 bits per heavy atom. The van der Waals surface area contributed by atoms with Crippen molar-refractivity contribution < 1.29 is 4.79 Å². The van der Waals surface area contributed by atoms with Crippen LogP contribution in [0.3, 0.4) is 0 Å². The molecule has 0 aliphatic carbocycles. The van der Waals surface area contributed by atoms with Crippen LogP contribution in [0, 0.1) is 6.92 Å². The van der Waals surface area contributed by atoms with Gasteiger partial charge in [-0.3, -0.25) is 9.89 Å². The number of hydrogen-bond acceptors (Lipinski definition) is 2. The number of nitrogens with one attached hydrogen (secondary N) is 2. The van der Waals surface area contributed by atoms with Crippen LogP contribution in [0.5, 0.6) is 0 Å². The van der Waals surface area contributed by atoms with Crippen LogP contribution >= 0.6 is 0 Å². The SMILES string of the molecule is C=CC(=O)NCc1cc(C)[nH]n1. The molecule has 1 rings (SSSR count). The molecule has 0 saturated carbocycles. The molecule has 12 heavy (non-hydrogen) atoms. The van der Waals surface area contributed by atoms with Crippen molar-refractivity contribution in [3.8, 4) is 0 Å². The van der Waals surface area contributed by atoms with Gasteiger partial charge in [-0.1, -0.05) is 6.58 Å². The summed E-state index contributed by atoms with van der Waals surface area (Å²) in [6.45, 7) is 5.69. The van der Waals surface area contributed by atoms with Gasteiger partial charge >= 0.3 is 0 Å². The highest BCUT2D eigenvalue weighted by Crippen LogP contribution is 1.96. The summed E-state index contributed by atoms with van der Waals surface area (Å²) in [5, 5.41) is 9.35. The normalized spacial score (nSPS) is 9.42. The van der Waals surface area contributed by atoms with E-state index < -0.39 is 0 Å². The Morgan fingerprint density at radius 3 is 3.17 bits per heavy atom. The maximum Gasteiger partial charge on any atom is 0.243 e. The topological polar surface area (TPSA) is 57.8 Å². The minimum atomic E-state index is -0.185. The second kappa shape index (κ2) is 3.71. The fourth-order valence-electron chi connectivity index (χ4n) is 0.815. The molecule has 0 aromatic carbocycles. The summed E-state index contributed by atoms with van der Waals surface area (Å²) in [4.78, 5) is 10.7. The highest BCUT2D eigenvalue weighted by atomic mass is 16.1. The maximum absolute atomic E-state index is 10.7. The predicted molar refractivity (Wildman–Crippen MR) is 45.4 cm³/mol. The maximum atomic E-state index is 10.7. The van der Waals surface area contributed by atoms with Crippen LogP contribution in [0.15, 0.2) is 18.7 Å². The molecular formula is C8H11N3O. The Labute approximate surface area is 70.7 Å². The van der Waals surface area contributed by atoms with Gasteiger partial charge in [-0.05, 0) is 19.1 Å². The van der Waals surface area contributed by atoms with Gasteiger partial charge in [0.05, 0.1) is 12.2 Å². The standard InChI is InChI=1S/C8H11N3O/c1-3-8(12)9-5-7-4-6(2)10-11-7/h3-4H,1,5H2,2H3,(H,9,12)(H,10,11). The fourth-order valence-corrected chi connectivity index (χ4v) is 0.815. The van der Waals surface area contributed by atoms with E-state index in [0.29, 0.717) is 6.54 Å². The summed E-state index contributed by atoms with van der Waals surface area (Å²) >= 11 is 0. The van der Waals surface area contributed by atoms with E-state index in [1.807, 2.05) is 13.0 Å². The molecule has 0 spiro atoms. The molecule has 1 aromatic rings. The number of nitrogens with zero attached hydrogens (tertiary/aromatic N) is 1. The minimum Gasteiger partial charge on any atom is -0.347 e. The van der Waals surface area contributed by atoms with Gasteiger partial charge in [0.25, 0.3) is 0 Å². The van der Waals surface area contributed by atoms with E-state index in [1.54, 1.807) is 0 Å². The first-order valence-electron chi connectivity index (χ1n) is 3.63. The van der Waals surface area contributed by atoms with Gasteiger partial charge in [-0.2, -0.15) is 5.10 Å². The molecule has 0 saturated heterocycles. The van der Waals surface area contributed by atoms with E-state index in [9.17, 15) is 4.79 Å². The van der Waals surface area contributed by atoms with Gasteiger partial charge in [-0.25, -0.2) is 0 Å². The lowest BCUT2D eigenvalue weighted by Crippen LogP contribution is -2.20. The Morgan fingerprint density at radius 2 is 2.67 bits per heavy atom. The monoisotopic (exact) mass is 165 g/mol. The van der Waals surface area contributed by atoms with Crippen molar-refractivity contribution >= 4 is 5.91 Å². The van der Waals surface area contributed by atoms with Crippen molar-refractivity contribution in [1.29, 1.82) is 0 Å². The fraction of sp³-hybridized carbons (Fsp3) is 0.250. The van der Waals surface area contributed by atoms with Crippen molar-refractivity contribution in [2.24, 2.45) is 0 Å². The second-order valence-electron chi connectivity index (χ2n) is 2.46. The molecule has 0 bridgehead atoms. The number of aromatic nitrogens is 2. The van der Waals surface area contributed by atoms with Crippen LogP contribution < -0.4 is 5.32 Å². The lowest BCUT2D eigenvalue weighted by atomic mass is 10.3. The second-order valence-corrected chi connectivity index (χ2v) is 2.46. The van der Waals surface area contributed by atoms with E-state index in [4.69, 9.17) is 0 Å². The summed E-state index contributed by atoms with van der Waals surface area (Å²) in [5.74, 6) is -0.185. The largest absolute Gasteiger partial charge is 0.347 e. The van der Waals surface area contributed by atoms with Gasteiger partial charge in [0.1, 0.15) is 0 Å². The van der Waals surface area contributed by atoms with E-state index in [1.165, 1.54) is 6.08 Å². The van der Waals surface area contributed by atoms with E-state index >= 15 is 0 Å². The molecular weight excluding hydrogens is 154 g/mol. The molecule has 64 valence electrons. The number of aromatic amines is 1. The molecule has 1 heterocycles. The lowest BCUT2D eigenvalue weighted by molar-refractivity contribution is -0.116. The van der Waals surface area contributed by atoms with E-state index in [-0.39, 0.29) is 5.91 Å². The third kappa shape index (κ3) is 2.23. The highest BCUT2D eigenvalue weighted by Gasteiger charge is 1.98. The molecule has 4 heteroatoms. The number of rotatable bonds is 3. The number of aryl methyl sites for hydroxylation is 1. The zero-order valence-corrected chi connectivity index (χ0v) is 6.92. The molecule has 1 amide bonds. The van der Waals surface area contributed by atoms with Crippen LogP contribution in [0.1, 0.15) is 11.4 Å². The Kier molecular flexibility index (Phi) is 2.63. The van der Waals surface area contributed by atoms with Crippen molar-refractivity contribution in [2.45, 2.75) is 13.5 Å². The number of carbonyl (C=O) groups excluding carboxylic acids is 1. The van der Waals surface area contributed by atoms with Gasteiger partial charge in [0, 0.05) is 5.69 Å². The average molecular weight is 165 g/mol. The third-order valence-corrected chi connectivity index (χ3v) is 1.39. The molecule has 2 N–H and O–H groups in total. The molecule has 0 unspecified atom stereocenters. The molecule has 0 radical (unpaired) electrons. The molecule has 1 aromatic heterocycles. The summed E-state index contributed by atoms with van der Waals surface area (Å²) in [6.07, 6.45) is 1.24. The van der Waals surface area contributed by atoms with Gasteiger partial charge in [-0.15, -0.1) is 0 Å².